The fourth-order valence-corrected chi connectivity index (χ4v) is 6.01. The van der Waals surface area contributed by atoms with Crippen LogP contribution in [0, 0.1) is 0 Å². The van der Waals surface area contributed by atoms with E-state index in [2.05, 4.69) is 20.2 Å². The van der Waals surface area contributed by atoms with Crippen molar-refractivity contribution in [2.45, 2.75) is 14.7 Å². The van der Waals surface area contributed by atoms with Crippen molar-refractivity contribution in [3.05, 3.63) is 84.2 Å². The first-order valence-electron chi connectivity index (χ1n) is 11.4. The van der Waals surface area contributed by atoms with Crippen LogP contribution in [0.2, 0.25) is 0 Å². The molecule has 5 aromatic rings. The minimum atomic E-state index is -5.06. The molecule has 13 nitrogen and oxygen atoms in total. The smallest absolute Gasteiger partial charge is 0.296 e. The maximum absolute atomic E-state index is 12.1. The van der Waals surface area contributed by atoms with E-state index >= 15 is 0 Å². The van der Waals surface area contributed by atoms with E-state index in [1.807, 2.05) is 24.3 Å². The van der Waals surface area contributed by atoms with Gasteiger partial charge in [-0.05, 0) is 54.1 Å². The van der Waals surface area contributed by atoms with Crippen molar-refractivity contribution in [2.24, 2.45) is 10.2 Å². The second-order valence-electron chi connectivity index (χ2n) is 8.62. The average molecular weight is 615 g/mol. The van der Waals surface area contributed by atoms with Crippen LogP contribution in [-0.4, -0.2) is 48.9 Å². The summed E-state index contributed by atoms with van der Waals surface area (Å²) in [5, 5.41) is 7.10. The van der Waals surface area contributed by atoms with Gasteiger partial charge in [0.05, 0.1) is 21.6 Å². The number of nitrogens with one attached hydrogen (secondary N) is 1. The van der Waals surface area contributed by atoms with Gasteiger partial charge in [-0.1, -0.05) is 36.4 Å². The van der Waals surface area contributed by atoms with Crippen LogP contribution in [-0.2, 0) is 30.4 Å². The van der Waals surface area contributed by atoms with E-state index in [0.29, 0.717) is 17.5 Å². The number of aromatic amines is 1. The summed E-state index contributed by atoms with van der Waals surface area (Å²) >= 11 is 0. The van der Waals surface area contributed by atoms with E-state index in [-0.39, 0.29) is 11.1 Å². The summed E-state index contributed by atoms with van der Waals surface area (Å²) in [5.41, 5.74) is 1.86. The van der Waals surface area contributed by atoms with Crippen LogP contribution in [0.4, 0.5) is 11.4 Å². The molecule has 41 heavy (non-hydrogen) atoms. The second kappa shape index (κ2) is 10.3. The molecule has 5 rings (SSSR count). The molecule has 0 aliphatic heterocycles. The molecule has 0 saturated carbocycles. The van der Waals surface area contributed by atoms with Crippen molar-refractivity contribution in [3.63, 3.8) is 0 Å². The Morgan fingerprint density at radius 1 is 0.683 bits per heavy atom. The highest BCUT2D eigenvalue weighted by molar-refractivity contribution is 7.87. The van der Waals surface area contributed by atoms with Crippen LogP contribution >= 0.6 is 0 Å². The van der Waals surface area contributed by atoms with Crippen molar-refractivity contribution in [1.29, 1.82) is 0 Å². The number of hydrogen-bond acceptors (Lipinski definition) is 9. The first-order valence-corrected chi connectivity index (χ1v) is 15.7. The number of aromatic nitrogens is 2. The number of nitrogens with zero attached hydrogens (tertiary/aromatic N) is 3. The van der Waals surface area contributed by atoms with Gasteiger partial charge >= 0.3 is 0 Å². The van der Waals surface area contributed by atoms with Gasteiger partial charge in [-0.2, -0.15) is 30.4 Å². The normalized spacial score (nSPS) is 13.1. The van der Waals surface area contributed by atoms with Crippen LogP contribution in [0.25, 0.3) is 34.0 Å². The molecule has 4 aromatic carbocycles. The minimum Gasteiger partial charge on any atom is -0.338 e. The van der Waals surface area contributed by atoms with E-state index in [1.165, 1.54) is 6.07 Å². The maximum Gasteiger partial charge on any atom is 0.296 e. The van der Waals surface area contributed by atoms with E-state index in [4.69, 9.17) is 0 Å². The molecule has 0 atom stereocenters. The quantitative estimate of drug-likeness (QED) is 0.141. The summed E-state index contributed by atoms with van der Waals surface area (Å²) in [5.74, 6) is 0.594. The van der Waals surface area contributed by atoms with Gasteiger partial charge in [0.25, 0.3) is 30.4 Å². The molecule has 210 valence electrons. The lowest BCUT2D eigenvalue weighted by molar-refractivity contribution is 0.480. The Morgan fingerprint density at radius 2 is 1.41 bits per heavy atom. The molecular weight excluding hydrogens is 596 g/mol. The molecule has 0 fully saturated rings. The predicted molar refractivity (Wildman–Crippen MR) is 149 cm³/mol. The number of fused-ring (bicyclic) bond motifs is 2. The third-order valence-corrected chi connectivity index (χ3v) is 8.45. The van der Waals surface area contributed by atoms with E-state index in [1.54, 1.807) is 30.4 Å². The summed E-state index contributed by atoms with van der Waals surface area (Å²) in [6, 6.07) is 16.9. The van der Waals surface area contributed by atoms with E-state index in [0.717, 1.165) is 29.2 Å². The summed E-state index contributed by atoms with van der Waals surface area (Å²) in [6.07, 6.45) is 3.46. The molecule has 0 saturated heterocycles. The van der Waals surface area contributed by atoms with Gasteiger partial charge in [0.15, 0.2) is 0 Å². The molecule has 0 bridgehead atoms. The SMILES string of the molecule is O=S(=O)(O)c1cc(S(=O)(=O)O)c2ccc(S(=O)(=O)O)c(N=Nc3cccc(/C=C\c4nc5ccccc5[nH]4)c3)c2c1. The molecule has 0 amide bonds. The summed E-state index contributed by atoms with van der Waals surface area (Å²) in [4.78, 5) is 4.85. The monoisotopic (exact) mass is 614 g/mol. The van der Waals surface area contributed by atoms with E-state index < -0.39 is 56.1 Å². The van der Waals surface area contributed by atoms with Gasteiger partial charge in [-0.15, -0.1) is 5.11 Å². The number of para-hydroxylation sites is 2. The highest BCUT2D eigenvalue weighted by Crippen LogP contribution is 2.38. The van der Waals surface area contributed by atoms with Crippen LogP contribution in [0.1, 0.15) is 11.4 Å². The fourth-order valence-electron chi connectivity index (χ4n) is 4.04. The number of H-pyrrole nitrogens is 1. The van der Waals surface area contributed by atoms with Crippen LogP contribution < -0.4 is 0 Å². The Balaban J connectivity index is 1.62. The Hall–Kier alpha value is -4.32. The highest BCUT2D eigenvalue weighted by atomic mass is 32.2. The highest BCUT2D eigenvalue weighted by Gasteiger charge is 2.25. The Bertz CT molecular complexity index is 2210. The van der Waals surface area contributed by atoms with Crippen LogP contribution in [0.15, 0.2) is 97.7 Å². The lowest BCUT2D eigenvalue weighted by atomic mass is 10.1. The molecule has 0 radical (unpaired) electrons. The number of benzene rings is 4. The number of hydrogen-bond donors (Lipinski definition) is 4. The molecular formula is C25H18N4O9S3. The van der Waals surface area contributed by atoms with Gasteiger partial charge in [0.2, 0.25) is 0 Å². The molecule has 0 unspecified atom stereocenters. The lowest BCUT2D eigenvalue weighted by Crippen LogP contribution is -2.05. The molecule has 0 aliphatic carbocycles. The van der Waals surface area contributed by atoms with Gasteiger partial charge < -0.3 is 4.98 Å². The number of rotatable bonds is 7. The zero-order chi connectivity index (χ0) is 29.6. The van der Waals surface area contributed by atoms with Crippen molar-refractivity contribution < 1.29 is 38.9 Å². The van der Waals surface area contributed by atoms with Gasteiger partial charge in [-0.3, -0.25) is 13.7 Å². The Kier molecular flexibility index (Phi) is 7.06. The third-order valence-electron chi connectivity index (χ3n) is 5.84. The molecule has 4 N–H and O–H groups in total. The van der Waals surface area contributed by atoms with Gasteiger partial charge in [0, 0.05) is 10.8 Å². The molecule has 16 heteroatoms. The third kappa shape index (κ3) is 6.07. The molecule has 0 aliphatic rings. The second-order valence-corrected chi connectivity index (χ2v) is 12.8. The first-order chi connectivity index (χ1) is 19.2. The molecule has 1 heterocycles. The van der Waals surface area contributed by atoms with Crippen molar-refractivity contribution >= 4 is 75.7 Å². The standard InChI is InChI=1S/C25H18N4O9S3/c30-39(31,32)17-13-19-18(23(14-17)41(36,37)38)9-10-22(40(33,34)35)25(19)29-28-16-5-3-4-15(12-16)8-11-24-26-20-6-1-2-7-21(20)27-24/h1-14H,(H,26,27)(H,30,31,32)(H,33,34,35)(H,36,37,38)/b11-8-,29-28?. The lowest BCUT2D eigenvalue weighted by Gasteiger charge is -2.11. The summed E-state index contributed by atoms with van der Waals surface area (Å²) in [6.45, 7) is 0. The Labute approximate surface area is 233 Å². The Morgan fingerprint density at radius 3 is 2.10 bits per heavy atom. The summed E-state index contributed by atoms with van der Waals surface area (Å²) in [7, 11) is -15.1. The van der Waals surface area contributed by atoms with Crippen molar-refractivity contribution in [1.82, 2.24) is 9.97 Å². The topological polar surface area (TPSA) is 217 Å². The minimum absolute atomic E-state index is 0.205. The average Bonchev–Trinajstić information content (AvgIpc) is 3.31. The van der Waals surface area contributed by atoms with Gasteiger partial charge in [-0.25, -0.2) is 4.98 Å². The largest absolute Gasteiger partial charge is 0.338 e. The predicted octanol–water partition coefficient (Wildman–Crippen LogP) is 5.04. The first kappa shape index (κ1) is 28.2. The molecule has 0 spiro atoms. The zero-order valence-electron chi connectivity index (χ0n) is 20.4. The van der Waals surface area contributed by atoms with Crippen molar-refractivity contribution in [2.75, 3.05) is 0 Å². The number of azo groups is 1. The zero-order valence-corrected chi connectivity index (χ0v) is 22.9. The van der Waals surface area contributed by atoms with Gasteiger partial charge in [0.1, 0.15) is 21.3 Å². The van der Waals surface area contributed by atoms with Crippen molar-refractivity contribution in [3.8, 4) is 0 Å². The number of imidazole rings is 1. The van der Waals surface area contributed by atoms with Crippen LogP contribution in [0.5, 0.6) is 0 Å². The molecule has 1 aromatic heterocycles. The fraction of sp³-hybridized carbons (Fsp3) is 0. The summed E-state index contributed by atoms with van der Waals surface area (Å²) < 4.78 is 101. The van der Waals surface area contributed by atoms with Crippen LogP contribution in [0.3, 0.4) is 0 Å². The van der Waals surface area contributed by atoms with E-state index in [9.17, 15) is 38.9 Å². The maximum atomic E-state index is 12.1.